The molecule has 0 radical (unpaired) electrons. The van der Waals surface area contributed by atoms with Gasteiger partial charge in [0.15, 0.2) is 5.78 Å². The van der Waals surface area contributed by atoms with Crippen LogP contribution in [0.25, 0.3) is 0 Å². The molecule has 0 atom stereocenters. The molecule has 1 aliphatic heterocycles. The van der Waals surface area contributed by atoms with Crippen LogP contribution in [0.3, 0.4) is 0 Å². The van der Waals surface area contributed by atoms with E-state index in [0.717, 1.165) is 50.7 Å². The standard InChI is InChI=1S/C18H22FN3O3S2/c19-14-2-10-26-17(14)18(24)21-13-11-16(27-12-13)15(23)1-3-20-4-5-22-6-8-25-9-7-22/h2,10-12,20H,1,3-9H2,(H,21,24). The zero-order valence-electron chi connectivity index (χ0n) is 14.8. The van der Waals surface area contributed by atoms with Crippen LogP contribution in [0.4, 0.5) is 10.1 Å². The molecule has 0 aromatic carbocycles. The van der Waals surface area contributed by atoms with Gasteiger partial charge in [0.05, 0.1) is 23.8 Å². The molecule has 3 rings (SSSR count). The van der Waals surface area contributed by atoms with Crippen LogP contribution in [0.15, 0.2) is 22.9 Å². The van der Waals surface area contributed by atoms with Crippen molar-refractivity contribution in [2.45, 2.75) is 6.42 Å². The maximum atomic E-state index is 13.4. The van der Waals surface area contributed by atoms with Gasteiger partial charge in [-0.1, -0.05) is 0 Å². The second-order valence-corrected chi connectivity index (χ2v) is 7.96. The minimum Gasteiger partial charge on any atom is -0.379 e. The minimum absolute atomic E-state index is 0.0293. The fourth-order valence-corrected chi connectivity index (χ4v) is 4.18. The number of hydrogen-bond donors (Lipinski definition) is 2. The van der Waals surface area contributed by atoms with E-state index in [-0.39, 0.29) is 10.7 Å². The summed E-state index contributed by atoms with van der Waals surface area (Å²) in [7, 11) is 0. The van der Waals surface area contributed by atoms with E-state index in [0.29, 0.717) is 23.5 Å². The number of rotatable bonds is 9. The largest absolute Gasteiger partial charge is 0.379 e. The van der Waals surface area contributed by atoms with Crippen LogP contribution in [0.1, 0.15) is 25.8 Å². The van der Waals surface area contributed by atoms with Crippen molar-refractivity contribution in [3.8, 4) is 0 Å². The summed E-state index contributed by atoms with van der Waals surface area (Å²) in [5, 5.41) is 9.14. The quantitative estimate of drug-likeness (QED) is 0.490. The molecule has 1 amide bonds. The summed E-state index contributed by atoms with van der Waals surface area (Å²) >= 11 is 2.33. The van der Waals surface area contributed by atoms with Gasteiger partial charge in [-0.25, -0.2) is 4.39 Å². The number of anilines is 1. The lowest BCUT2D eigenvalue weighted by molar-refractivity contribution is 0.0384. The Balaban J connectivity index is 1.38. The number of halogens is 1. The third-order valence-corrected chi connectivity index (χ3v) is 6.05. The third kappa shape index (κ3) is 5.91. The number of thiophene rings is 2. The first kappa shape index (κ1) is 20.1. The van der Waals surface area contributed by atoms with Gasteiger partial charge < -0.3 is 15.4 Å². The number of ether oxygens (including phenoxy) is 1. The van der Waals surface area contributed by atoms with Crippen molar-refractivity contribution in [3.05, 3.63) is 38.5 Å². The Morgan fingerprint density at radius 3 is 2.78 bits per heavy atom. The molecule has 0 saturated carbocycles. The van der Waals surface area contributed by atoms with Crippen LogP contribution in [0.5, 0.6) is 0 Å². The number of ketones is 1. The SMILES string of the molecule is O=C(CCNCCN1CCOCC1)c1cc(NC(=O)c2sccc2F)cs1. The number of carbonyl (C=O) groups is 2. The molecule has 1 fully saturated rings. The zero-order valence-corrected chi connectivity index (χ0v) is 16.5. The first-order chi connectivity index (χ1) is 13.1. The number of carbonyl (C=O) groups excluding carboxylic acids is 2. The Morgan fingerprint density at radius 1 is 1.22 bits per heavy atom. The highest BCUT2D eigenvalue weighted by molar-refractivity contribution is 7.13. The summed E-state index contributed by atoms with van der Waals surface area (Å²) in [5.41, 5.74) is 0.515. The summed E-state index contributed by atoms with van der Waals surface area (Å²) in [6.45, 7) is 5.89. The number of Topliss-reactive ketones (excluding diaryl/α,β-unsaturated/α-hetero) is 1. The van der Waals surface area contributed by atoms with E-state index in [1.54, 1.807) is 11.4 Å². The Kier molecular flexibility index (Phi) is 7.48. The molecule has 0 aliphatic carbocycles. The molecule has 2 aromatic rings. The lowest BCUT2D eigenvalue weighted by atomic mass is 10.2. The van der Waals surface area contributed by atoms with E-state index < -0.39 is 11.7 Å². The minimum atomic E-state index is -0.535. The van der Waals surface area contributed by atoms with Crippen LogP contribution in [0, 0.1) is 5.82 Å². The van der Waals surface area contributed by atoms with Gasteiger partial charge in [0, 0.05) is 44.5 Å². The fourth-order valence-electron chi connectivity index (χ4n) is 2.70. The van der Waals surface area contributed by atoms with Gasteiger partial charge in [-0.3, -0.25) is 14.5 Å². The summed E-state index contributed by atoms with van der Waals surface area (Å²) in [5.74, 6) is -1.00. The van der Waals surface area contributed by atoms with Gasteiger partial charge >= 0.3 is 0 Å². The van der Waals surface area contributed by atoms with Crippen LogP contribution in [0.2, 0.25) is 0 Å². The number of nitrogens with one attached hydrogen (secondary N) is 2. The molecule has 6 nitrogen and oxygen atoms in total. The van der Waals surface area contributed by atoms with E-state index in [9.17, 15) is 14.0 Å². The fraction of sp³-hybridized carbons (Fsp3) is 0.444. The van der Waals surface area contributed by atoms with Crippen molar-refractivity contribution in [1.29, 1.82) is 0 Å². The van der Waals surface area contributed by atoms with E-state index in [1.165, 1.54) is 22.8 Å². The van der Waals surface area contributed by atoms with E-state index in [2.05, 4.69) is 15.5 Å². The van der Waals surface area contributed by atoms with Gasteiger partial charge in [-0.05, 0) is 17.5 Å². The Morgan fingerprint density at radius 2 is 2.04 bits per heavy atom. The molecule has 0 bridgehead atoms. The van der Waals surface area contributed by atoms with Crippen molar-refractivity contribution in [3.63, 3.8) is 0 Å². The van der Waals surface area contributed by atoms with Gasteiger partial charge in [-0.15, -0.1) is 22.7 Å². The monoisotopic (exact) mass is 411 g/mol. The summed E-state index contributed by atoms with van der Waals surface area (Å²) in [6, 6.07) is 2.90. The van der Waals surface area contributed by atoms with Gasteiger partial charge in [-0.2, -0.15) is 0 Å². The average molecular weight is 412 g/mol. The Bertz CT molecular complexity index is 771. The molecule has 9 heteroatoms. The third-order valence-electron chi connectivity index (χ3n) is 4.19. The Labute approximate surface area is 165 Å². The second-order valence-electron chi connectivity index (χ2n) is 6.13. The van der Waals surface area contributed by atoms with Gasteiger partial charge in [0.2, 0.25) is 0 Å². The van der Waals surface area contributed by atoms with Crippen molar-refractivity contribution < 1.29 is 18.7 Å². The number of morpholine rings is 1. The summed E-state index contributed by atoms with van der Waals surface area (Å²) < 4.78 is 18.7. The molecular formula is C18H22FN3O3S2. The van der Waals surface area contributed by atoms with E-state index >= 15 is 0 Å². The van der Waals surface area contributed by atoms with Crippen molar-refractivity contribution in [2.75, 3.05) is 51.3 Å². The normalized spacial score (nSPS) is 15.0. The molecule has 0 unspecified atom stereocenters. The maximum absolute atomic E-state index is 13.4. The smallest absolute Gasteiger partial charge is 0.268 e. The van der Waals surface area contributed by atoms with Crippen LogP contribution < -0.4 is 10.6 Å². The molecule has 0 spiro atoms. The Hall–Kier alpha value is -1.65. The maximum Gasteiger partial charge on any atom is 0.268 e. The second kappa shape index (κ2) is 10.0. The highest BCUT2D eigenvalue weighted by Gasteiger charge is 2.15. The van der Waals surface area contributed by atoms with Crippen molar-refractivity contribution in [2.24, 2.45) is 0 Å². The first-order valence-corrected chi connectivity index (χ1v) is 10.6. The zero-order chi connectivity index (χ0) is 19.1. The van der Waals surface area contributed by atoms with E-state index in [4.69, 9.17) is 4.74 Å². The lowest BCUT2D eigenvalue weighted by Crippen LogP contribution is -2.40. The van der Waals surface area contributed by atoms with E-state index in [1.807, 2.05) is 0 Å². The molecule has 27 heavy (non-hydrogen) atoms. The highest BCUT2D eigenvalue weighted by atomic mass is 32.1. The predicted molar refractivity (Wildman–Crippen MR) is 106 cm³/mol. The molecule has 1 aliphatic rings. The number of hydrogen-bond acceptors (Lipinski definition) is 7. The molecule has 1 saturated heterocycles. The van der Waals surface area contributed by atoms with Crippen LogP contribution in [-0.2, 0) is 4.74 Å². The molecular weight excluding hydrogens is 389 g/mol. The molecule has 3 heterocycles. The van der Waals surface area contributed by atoms with Crippen molar-refractivity contribution in [1.82, 2.24) is 10.2 Å². The van der Waals surface area contributed by atoms with Crippen LogP contribution >= 0.6 is 22.7 Å². The lowest BCUT2D eigenvalue weighted by Gasteiger charge is -2.26. The first-order valence-electron chi connectivity index (χ1n) is 8.80. The van der Waals surface area contributed by atoms with Crippen LogP contribution in [-0.4, -0.2) is 62.5 Å². The van der Waals surface area contributed by atoms with Crippen molar-refractivity contribution >= 4 is 40.1 Å². The summed E-state index contributed by atoms with van der Waals surface area (Å²) in [4.78, 5) is 27.2. The molecule has 146 valence electrons. The topological polar surface area (TPSA) is 70.7 Å². The van der Waals surface area contributed by atoms with Gasteiger partial charge in [0.25, 0.3) is 5.91 Å². The summed E-state index contributed by atoms with van der Waals surface area (Å²) in [6.07, 6.45) is 0.399. The average Bonchev–Trinajstić information content (AvgIpc) is 3.31. The molecule has 2 aromatic heterocycles. The molecule has 2 N–H and O–H groups in total. The predicted octanol–water partition coefficient (Wildman–Crippen LogP) is 2.70. The number of amides is 1. The van der Waals surface area contributed by atoms with Gasteiger partial charge in [0.1, 0.15) is 10.7 Å². The highest BCUT2D eigenvalue weighted by Crippen LogP contribution is 2.23. The number of nitrogens with zero attached hydrogens (tertiary/aromatic N) is 1.